The van der Waals surface area contributed by atoms with Crippen LogP contribution in [0, 0.1) is 18.3 Å². The molecule has 114 valence electrons. The van der Waals surface area contributed by atoms with E-state index in [0.717, 1.165) is 17.7 Å². The van der Waals surface area contributed by atoms with Crippen LogP contribution < -0.4 is 4.74 Å². The van der Waals surface area contributed by atoms with Gasteiger partial charge in [-0.15, -0.1) is 11.6 Å². The zero-order valence-corrected chi connectivity index (χ0v) is 14.6. The van der Waals surface area contributed by atoms with Crippen molar-refractivity contribution in [2.24, 2.45) is 11.3 Å². The second-order valence-electron chi connectivity index (χ2n) is 7.05. The van der Waals surface area contributed by atoms with E-state index in [1.807, 2.05) is 13.0 Å². The molecule has 1 aromatic carbocycles. The van der Waals surface area contributed by atoms with Gasteiger partial charge in [0.25, 0.3) is 0 Å². The molecule has 0 aliphatic rings. The summed E-state index contributed by atoms with van der Waals surface area (Å²) < 4.78 is 5.71. The SMILES string of the molecule is CCOc1ccc(C)cc1C(Cl)CC(C)CC(C)(C)C. The van der Waals surface area contributed by atoms with Crippen molar-refractivity contribution in [3.63, 3.8) is 0 Å². The molecule has 0 saturated heterocycles. The second kappa shape index (κ2) is 7.36. The van der Waals surface area contributed by atoms with Crippen LogP contribution in [0.5, 0.6) is 5.75 Å². The predicted molar refractivity (Wildman–Crippen MR) is 88.8 cm³/mol. The van der Waals surface area contributed by atoms with Crippen molar-refractivity contribution in [2.45, 2.75) is 59.8 Å². The van der Waals surface area contributed by atoms with Gasteiger partial charge in [-0.2, -0.15) is 0 Å². The first-order chi connectivity index (χ1) is 9.23. The summed E-state index contributed by atoms with van der Waals surface area (Å²) in [4.78, 5) is 0. The Bertz CT molecular complexity index is 420. The third kappa shape index (κ3) is 5.75. The average Bonchev–Trinajstić information content (AvgIpc) is 2.29. The minimum Gasteiger partial charge on any atom is -0.494 e. The third-order valence-corrected chi connectivity index (χ3v) is 3.79. The highest BCUT2D eigenvalue weighted by Crippen LogP contribution is 2.37. The minimum atomic E-state index is 0.0220. The zero-order chi connectivity index (χ0) is 15.3. The highest BCUT2D eigenvalue weighted by molar-refractivity contribution is 6.21. The Balaban J connectivity index is 2.80. The predicted octanol–water partition coefficient (Wildman–Crippen LogP) is 6.14. The molecule has 0 aliphatic heterocycles. The Morgan fingerprint density at radius 2 is 1.90 bits per heavy atom. The van der Waals surface area contributed by atoms with Crippen molar-refractivity contribution in [2.75, 3.05) is 6.61 Å². The molecule has 2 atom stereocenters. The lowest BCUT2D eigenvalue weighted by atomic mass is 9.83. The molecule has 0 radical (unpaired) electrons. The van der Waals surface area contributed by atoms with Crippen LogP contribution in [0.1, 0.15) is 64.0 Å². The van der Waals surface area contributed by atoms with Crippen LogP contribution in [-0.2, 0) is 0 Å². The number of rotatable bonds is 6. The lowest BCUT2D eigenvalue weighted by molar-refractivity contribution is 0.293. The monoisotopic (exact) mass is 296 g/mol. The van der Waals surface area contributed by atoms with Crippen molar-refractivity contribution in [3.05, 3.63) is 29.3 Å². The maximum absolute atomic E-state index is 6.66. The molecule has 1 nitrogen and oxygen atoms in total. The third-order valence-electron chi connectivity index (χ3n) is 3.37. The number of hydrogen-bond donors (Lipinski definition) is 0. The standard InChI is InChI=1S/C18H29ClO/c1-7-20-17-9-8-13(2)10-15(17)16(19)11-14(3)12-18(4,5)6/h8-10,14,16H,7,11-12H2,1-6H3. The van der Waals surface area contributed by atoms with Gasteiger partial charge in [-0.1, -0.05) is 45.4 Å². The van der Waals surface area contributed by atoms with E-state index in [9.17, 15) is 0 Å². The number of ether oxygens (including phenoxy) is 1. The van der Waals surface area contributed by atoms with Gasteiger partial charge in [-0.05, 0) is 44.1 Å². The fourth-order valence-corrected chi connectivity index (χ4v) is 3.28. The molecule has 2 heteroatoms. The zero-order valence-electron chi connectivity index (χ0n) is 13.8. The Hall–Kier alpha value is -0.690. The lowest BCUT2D eigenvalue weighted by Gasteiger charge is -2.25. The quantitative estimate of drug-likeness (QED) is 0.573. The van der Waals surface area contributed by atoms with Gasteiger partial charge in [0.15, 0.2) is 0 Å². The number of aryl methyl sites for hydroxylation is 1. The summed E-state index contributed by atoms with van der Waals surface area (Å²) in [6.07, 6.45) is 2.17. The maximum atomic E-state index is 6.66. The van der Waals surface area contributed by atoms with Crippen LogP contribution in [0.4, 0.5) is 0 Å². The molecule has 1 aromatic rings. The lowest BCUT2D eigenvalue weighted by Crippen LogP contribution is -2.12. The summed E-state index contributed by atoms with van der Waals surface area (Å²) in [5.41, 5.74) is 2.72. The number of benzene rings is 1. The van der Waals surface area contributed by atoms with Crippen molar-refractivity contribution in [1.82, 2.24) is 0 Å². The first kappa shape index (κ1) is 17.4. The van der Waals surface area contributed by atoms with E-state index in [-0.39, 0.29) is 5.38 Å². The number of hydrogen-bond acceptors (Lipinski definition) is 1. The maximum Gasteiger partial charge on any atom is 0.123 e. The highest BCUT2D eigenvalue weighted by Gasteiger charge is 2.21. The Kier molecular flexibility index (Phi) is 6.39. The first-order valence-corrected chi connectivity index (χ1v) is 8.04. The fraction of sp³-hybridized carbons (Fsp3) is 0.667. The molecular weight excluding hydrogens is 268 g/mol. The van der Waals surface area contributed by atoms with E-state index in [1.54, 1.807) is 0 Å². The molecule has 0 heterocycles. The molecule has 0 spiro atoms. The first-order valence-electron chi connectivity index (χ1n) is 7.60. The Labute approximate surface area is 129 Å². The molecule has 20 heavy (non-hydrogen) atoms. The summed E-state index contributed by atoms with van der Waals surface area (Å²) in [5, 5.41) is 0.0220. The molecule has 0 bridgehead atoms. The molecular formula is C18H29ClO. The van der Waals surface area contributed by atoms with Gasteiger partial charge in [-0.3, -0.25) is 0 Å². The van der Waals surface area contributed by atoms with Crippen molar-refractivity contribution in [1.29, 1.82) is 0 Å². The van der Waals surface area contributed by atoms with Crippen molar-refractivity contribution >= 4 is 11.6 Å². The minimum absolute atomic E-state index is 0.0220. The summed E-state index contributed by atoms with van der Waals surface area (Å²) in [6, 6.07) is 6.28. The van der Waals surface area contributed by atoms with E-state index >= 15 is 0 Å². The van der Waals surface area contributed by atoms with Gasteiger partial charge in [0, 0.05) is 5.56 Å². The molecule has 0 amide bonds. The summed E-state index contributed by atoms with van der Waals surface area (Å²) in [7, 11) is 0. The van der Waals surface area contributed by atoms with Gasteiger partial charge >= 0.3 is 0 Å². The summed E-state index contributed by atoms with van der Waals surface area (Å²) in [6.45, 7) is 13.9. The molecule has 0 aromatic heterocycles. The second-order valence-corrected chi connectivity index (χ2v) is 7.57. The van der Waals surface area contributed by atoms with E-state index in [1.165, 1.54) is 12.0 Å². The smallest absolute Gasteiger partial charge is 0.123 e. The van der Waals surface area contributed by atoms with E-state index in [0.29, 0.717) is 17.9 Å². The van der Waals surface area contributed by atoms with Crippen LogP contribution in [0.2, 0.25) is 0 Å². The van der Waals surface area contributed by atoms with Crippen LogP contribution in [-0.4, -0.2) is 6.61 Å². The molecule has 2 unspecified atom stereocenters. The van der Waals surface area contributed by atoms with Crippen molar-refractivity contribution in [3.8, 4) is 5.75 Å². The molecule has 0 aliphatic carbocycles. The van der Waals surface area contributed by atoms with Gasteiger partial charge in [0.2, 0.25) is 0 Å². The highest BCUT2D eigenvalue weighted by atomic mass is 35.5. The normalized spacial score (nSPS) is 14.9. The molecule has 0 fully saturated rings. The Morgan fingerprint density at radius 1 is 1.25 bits per heavy atom. The van der Waals surface area contributed by atoms with Gasteiger partial charge < -0.3 is 4.74 Å². The van der Waals surface area contributed by atoms with Gasteiger partial charge in [-0.25, -0.2) is 0 Å². The van der Waals surface area contributed by atoms with E-state index in [4.69, 9.17) is 16.3 Å². The molecule has 1 rings (SSSR count). The van der Waals surface area contributed by atoms with Crippen LogP contribution >= 0.6 is 11.6 Å². The summed E-state index contributed by atoms with van der Waals surface area (Å²) in [5.74, 6) is 1.54. The van der Waals surface area contributed by atoms with Gasteiger partial charge in [0.05, 0.1) is 12.0 Å². The van der Waals surface area contributed by atoms with Crippen molar-refractivity contribution < 1.29 is 4.74 Å². The number of alkyl halides is 1. The summed E-state index contributed by atoms with van der Waals surface area (Å²) >= 11 is 6.66. The van der Waals surface area contributed by atoms with Gasteiger partial charge in [0.1, 0.15) is 5.75 Å². The molecule has 0 saturated carbocycles. The Morgan fingerprint density at radius 3 is 2.45 bits per heavy atom. The fourth-order valence-electron chi connectivity index (χ4n) is 2.81. The van der Waals surface area contributed by atoms with Crippen LogP contribution in [0.3, 0.4) is 0 Å². The average molecular weight is 297 g/mol. The number of halogens is 1. The van der Waals surface area contributed by atoms with Crippen LogP contribution in [0.15, 0.2) is 18.2 Å². The topological polar surface area (TPSA) is 9.23 Å². The largest absolute Gasteiger partial charge is 0.494 e. The van der Waals surface area contributed by atoms with Crippen LogP contribution in [0.25, 0.3) is 0 Å². The van der Waals surface area contributed by atoms with E-state index < -0.39 is 0 Å². The molecule has 0 N–H and O–H groups in total. The van der Waals surface area contributed by atoms with E-state index in [2.05, 4.69) is 46.8 Å².